The maximum absolute atomic E-state index is 11.4. The van der Waals surface area contributed by atoms with Gasteiger partial charge in [0.1, 0.15) is 0 Å². The van der Waals surface area contributed by atoms with Crippen LogP contribution in [0.5, 0.6) is 0 Å². The summed E-state index contributed by atoms with van der Waals surface area (Å²) in [6.45, 7) is 3.05. The summed E-state index contributed by atoms with van der Waals surface area (Å²) in [4.78, 5) is 11.8. The molecule has 0 fully saturated rings. The first-order chi connectivity index (χ1) is 7.79. The van der Waals surface area contributed by atoms with E-state index in [2.05, 4.69) is 9.43 Å². The van der Waals surface area contributed by atoms with Crippen molar-refractivity contribution in [2.75, 3.05) is 0 Å². The molecule has 0 bridgehead atoms. The van der Waals surface area contributed by atoms with E-state index in [9.17, 15) is 18.5 Å². The van der Waals surface area contributed by atoms with Gasteiger partial charge >= 0.3 is 0 Å². The second-order valence-corrected chi connectivity index (χ2v) is 4.87. The van der Waals surface area contributed by atoms with E-state index in [0.29, 0.717) is 11.1 Å². The van der Waals surface area contributed by atoms with Gasteiger partial charge in [-0.3, -0.25) is 10.1 Å². The van der Waals surface area contributed by atoms with Crippen molar-refractivity contribution in [3.05, 3.63) is 43.8 Å². The van der Waals surface area contributed by atoms with Crippen molar-refractivity contribution in [1.82, 2.24) is 0 Å². The number of hydrogen-bond acceptors (Lipinski definition) is 4. The van der Waals surface area contributed by atoms with E-state index in [1.807, 2.05) is 0 Å². The molecular weight excluding hydrogens is 248 g/mol. The van der Waals surface area contributed by atoms with Crippen LogP contribution in [0.3, 0.4) is 0 Å². The van der Waals surface area contributed by atoms with E-state index in [1.165, 1.54) is 19.9 Å². The van der Waals surface area contributed by atoms with Crippen LogP contribution in [0.2, 0.25) is 0 Å². The highest BCUT2D eigenvalue weighted by Gasteiger charge is 2.20. The van der Waals surface area contributed by atoms with Crippen molar-refractivity contribution in [2.24, 2.45) is 4.52 Å². The number of nitrogens with zero attached hydrogens (tertiary/aromatic N) is 4. The number of nitro benzene ring substituents is 1. The van der Waals surface area contributed by atoms with Gasteiger partial charge in [-0.15, -0.1) is 0 Å². The Bertz CT molecular complexity index is 631. The molecule has 0 unspecified atom stereocenters. The first-order valence-electron chi connectivity index (χ1n) is 4.36. The monoisotopic (exact) mass is 256 g/mol. The smallest absolute Gasteiger partial charge is 0.258 e. The van der Waals surface area contributed by atoms with Gasteiger partial charge in [-0.2, -0.15) is 0 Å². The molecule has 0 radical (unpaired) electrons. The average molecular weight is 256 g/mol. The molecular formula is C8H8N4O4S. The summed E-state index contributed by atoms with van der Waals surface area (Å²) in [6.07, 6.45) is 0. The zero-order valence-electron chi connectivity index (χ0n) is 8.98. The van der Waals surface area contributed by atoms with Crippen molar-refractivity contribution < 1.29 is 13.3 Å². The summed E-state index contributed by atoms with van der Waals surface area (Å²) in [5, 5.41) is 10.7. The van der Waals surface area contributed by atoms with Gasteiger partial charge in [0.2, 0.25) is 0 Å². The number of sulfonamides is 1. The Morgan fingerprint density at radius 3 is 2.47 bits per heavy atom. The summed E-state index contributed by atoms with van der Waals surface area (Å²) >= 11 is 0. The molecule has 0 aromatic heterocycles. The largest absolute Gasteiger partial charge is 0.273 e. The zero-order chi connectivity index (χ0) is 13.2. The van der Waals surface area contributed by atoms with Gasteiger partial charge in [-0.1, -0.05) is 0 Å². The van der Waals surface area contributed by atoms with Crippen molar-refractivity contribution >= 4 is 15.7 Å². The molecule has 0 atom stereocenters. The molecule has 1 aromatic carbocycles. The van der Waals surface area contributed by atoms with Crippen molar-refractivity contribution in [3.63, 3.8) is 0 Å². The molecule has 90 valence electrons. The Hall–Kier alpha value is -2.12. The van der Waals surface area contributed by atoms with Crippen LogP contribution in [0.25, 0.3) is 10.4 Å². The minimum Gasteiger partial charge on any atom is -0.258 e. The second-order valence-electron chi connectivity index (χ2n) is 3.29. The summed E-state index contributed by atoms with van der Waals surface area (Å²) in [7, 11) is -4.20. The fourth-order valence-corrected chi connectivity index (χ4v) is 2.02. The number of azide groups is 1. The first-order valence-corrected chi connectivity index (χ1v) is 5.80. The van der Waals surface area contributed by atoms with E-state index in [0.717, 1.165) is 6.07 Å². The van der Waals surface area contributed by atoms with E-state index < -0.39 is 14.9 Å². The van der Waals surface area contributed by atoms with Crippen LogP contribution in [0, 0.1) is 24.0 Å². The number of aryl methyl sites for hydroxylation is 1. The lowest BCUT2D eigenvalue weighted by Crippen LogP contribution is -2.01. The molecule has 9 heteroatoms. The predicted octanol–water partition coefficient (Wildman–Crippen LogP) is 2.21. The molecule has 0 aliphatic rings. The lowest BCUT2D eigenvalue weighted by molar-refractivity contribution is -0.385. The fourth-order valence-electron chi connectivity index (χ4n) is 1.24. The second kappa shape index (κ2) is 4.40. The highest BCUT2D eigenvalue weighted by molar-refractivity contribution is 7.90. The number of hydrogen-bond donors (Lipinski definition) is 0. The Kier molecular flexibility index (Phi) is 3.35. The SMILES string of the molecule is Cc1cc(S(=O)(=O)N=[N+]=[N-])cc([N+](=O)[O-])c1C. The average Bonchev–Trinajstić information content (AvgIpc) is 2.21. The van der Waals surface area contributed by atoms with Gasteiger partial charge in [-0.25, -0.2) is 8.42 Å². The highest BCUT2D eigenvalue weighted by Crippen LogP contribution is 2.26. The maximum atomic E-state index is 11.4. The number of rotatable bonds is 3. The summed E-state index contributed by atoms with van der Waals surface area (Å²) < 4.78 is 25.5. The normalized spacial score (nSPS) is 10.7. The predicted molar refractivity (Wildman–Crippen MR) is 58.9 cm³/mol. The quantitative estimate of drug-likeness (QED) is 0.270. The Morgan fingerprint density at radius 1 is 1.41 bits per heavy atom. The van der Waals surface area contributed by atoms with Crippen LogP contribution in [-0.2, 0) is 10.0 Å². The fraction of sp³-hybridized carbons (Fsp3) is 0.250. The van der Waals surface area contributed by atoms with Crippen LogP contribution < -0.4 is 0 Å². The number of nitro groups is 1. The molecule has 0 saturated heterocycles. The molecule has 0 amide bonds. The highest BCUT2D eigenvalue weighted by atomic mass is 32.2. The third-order valence-electron chi connectivity index (χ3n) is 2.25. The maximum Gasteiger partial charge on any atom is 0.273 e. The topological polar surface area (TPSA) is 126 Å². The molecule has 0 spiro atoms. The van der Waals surface area contributed by atoms with Gasteiger partial charge in [0, 0.05) is 21.1 Å². The molecule has 0 heterocycles. The summed E-state index contributed by atoms with van der Waals surface area (Å²) in [6, 6.07) is 2.11. The van der Waals surface area contributed by atoms with Gasteiger partial charge in [0.05, 0.1) is 9.82 Å². The molecule has 0 N–H and O–H groups in total. The van der Waals surface area contributed by atoms with Gasteiger partial charge < -0.3 is 0 Å². The minimum atomic E-state index is -4.20. The molecule has 0 saturated carbocycles. The van der Waals surface area contributed by atoms with Crippen molar-refractivity contribution in [1.29, 1.82) is 0 Å². The molecule has 0 aliphatic carbocycles. The Balaban J connectivity index is 3.60. The first kappa shape index (κ1) is 12.9. The lowest BCUT2D eigenvalue weighted by atomic mass is 10.1. The van der Waals surface area contributed by atoms with Crippen LogP contribution in [0.15, 0.2) is 21.5 Å². The molecule has 1 rings (SSSR count). The molecule has 1 aromatic rings. The Labute approximate surface area is 96.7 Å². The van der Waals surface area contributed by atoms with Crippen LogP contribution in [0.4, 0.5) is 5.69 Å². The van der Waals surface area contributed by atoms with E-state index >= 15 is 0 Å². The number of benzene rings is 1. The van der Waals surface area contributed by atoms with E-state index in [-0.39, 0.29) is 10.6 Å². The van der Waals surface area contributed by atoms with E-state index in [1.54, 1.807) is 0 Å². The lowest BCUT2D eigenvalue weighted by Gasteiger charge is -2.04. The third kappa shape index (κ3) is 2.52. The summed E-state index contributed by atoms with van der Waals surface area (Å²) in [5.74, 6) is 0. The standard InChI is InChI=1S/C8H8N4O4S/c1-5-3-7(17(15,16)11-10-9)4-8(6(5)2)12(13)14/h3-4H,1-2H3. The van der Waals surface area contributed by atoms with Gasteiger partial charge in [0.25, 0.3) is 15.7 Å². The molecule has 17 heavy (non-hydrogen) atoms. The van der Waals surface area contributed by atoms with Crippen LogP contribution in [0.1, 0.15) is 11.1 Å². The van der Waals surface area contributed by atoms with Gasteiger partial charge in [-0.05, 0) is 31.0 Å². The minimum absolute atomic E-state index is 0.322. The van der Waals surface area contributed by atoms with Crippen molar-refractivity contribution in [2.45, 2.75) is 18.7 Å². The van der Waals surface area contributed by atoms with E-state index in [4.69, 9.17) is 5.53 Å². The zero-order valence-corrected chi connectivity index (χ0v) is 9.80. The van der Waals surface area contributed by atoms with Crippen molar-refractivity contribution in [3.8, 4) is 0 Å². The van der Waals surface area contributed by atoms with Crippen LogP contribution in [-0.4, -0.2) is 13.3 Å². The molecule has 8 nitrogen and oxygen atoms in total. The van der Waals surface area contributed by atoms with Gasteiger partial charge in [0.15, 0.2) is 0 Å². The third-order valence-corrected chi connectivity index (χ3v) is 3.37. The van der Waals surface area contributed by atoms with Crippen LogP contribution >= 0.6 is 0 Å². The molecule has 0 aliphatic heterocycles. The Morgan fingerprint density at radius 2 is 2.00 bits per heavy atom. The summed E-state index contributed by atoms with van der Waals surface area (Å²) in [5.41, 5.74) is 8.59.